The molecule has 0 aliphatic carbocycles. The predicted molar refractivity (Wildman–Crippen MR) is 99.4 cm³/mol. The summed E-state index contributed by atoms with van der Waals surface area (Å²) in [5.74, 6) is 0.299. The zero-order valence-corrected chi connectivity index (χ0v) is 16.2. The molecule has 0 aliphatic rings. The number of rotatable bonds is 6. The molecule has 3 rings (SSSR count). The highest BCUT2D eigenvalue weighted by Crippen LogP contribution is 2.32. The van der Waals surface area contributed by atoms with E-state index in [0.717, 1.165) is 10.9 Å². The molecule has 8 heteroatoms. The van der Waals surface area contributed by atoms with E-state index < -0.39 is 10.0 Å². The van der Waals surface area contributed by atoms with Crippen molar-refractivity contribution >= 4 is 31.4 Å². The highest BCUT2D eigenvalue weighted by atomic mass is 32.2. The number of hydrogen-bond donors (Lipinski definition) is 1. The molecule has 0 saturated carbocycles. The molecule has 3 aromatic rings. The molecular weight excluding hydrogens is 358 g/mol. The lowest BCUT2D eigenvalue weighted by atomic mass is 10.1. The second kappa shape index (κ2) is 6.87. The van der Waals surface area contributed by atoms with Gasteiger partial charge < -0.3 is 9.42 Å². The number of benzene rings is 1. The van der Waals surface area contributed by atoms with Gasteiger partial charge in [0.15, 0.2) is 5.76 Å². The van der Waals surface area contributed by atoms with Gasteiger partial charge in [-0.15, -0.1) is 11.3 Å². The highest BCUT2D eigenvalue weighted by Gasteiger charge is 2.26. The monoisotopic (exact) mass is 379 g/mol. The van der Waals surface area contributed by atoms with E-state index in [9.17, 15) is 8.42 Å². The Kier molecular flexibility index (Phi) is 4.97. The van der Waals surface area contributed by atoms with Crippen LogP contribution in [0.5, 0.6) is 0 Å². The zero-order valence-electron chi connectivity index (χ0n) is 14.6. The first-order valence-corrected chi connectivity index (χ1v) is 10.2. The normalized spacial score (nSPS) is 13.6. The Morgan fingerprint density at radius 3 is 2.64 bits per heavy atom. The lowest BCUT2D eigenvalue weighted by molar-refractivity contribution is 0.301. The molecule has 0 amide bonds. The van der Waals surface area contributed by atoms with Gasteiger partial charge >= 0.3 is 0 Å². The summed E-state index contributed by atoms with van der Waals surface area (Å²) in [6.07, 6.45) is 0. The van der Waals surface area contributed by atoms with Crippen LogP contribution in [0.4, 0.5) is 0 Å². The molecule has 1 unspecified atom stereocenters. The first kappa shape index (κ1) is 18.1. The number of fused-ring (bicyclic) bond motifs is 1. The van der Waals surface area contributed by atoms with E-state index in [0.29, 0.717) is 11.5 Å². The average molecular weight is 380 g/mol. The molecule has 1 N–H and O–H groups in total. The number of aromatic nitrogens is 1. The van der Waals surface area contributed by atoms with E-state index in [1.165, 1.54) is 4.70 Å². The zero-order chi connectivity index (χ0) is 18.2. The van der Waals surface area contributed by atoms with Crippen molar-refractivity contribution in [1.29, 1.82) is 0 Å². The molecule has 1 aromatic carbocycles. The average Bonchev–Trinajstić information content (AvgIpc) is 3.11. The Morgan fingerprint density at radius 1 is 1.28 bits per heavy atom. The number of hydrogen-bond acceptors (Lipinski definition) is 6. The molecule has 2 aromatic heterocycles. The molecule has 0 fully saturated rings. The fraction of sp³-hybridized carbons (Fsp3) is 0.353. The molecule has 25 heavy (non-hydrogen) atoms. The standard InChI is InChI=1S/C17H21N3O3S2/c1-11-17(12(2)23-19-11)25(21,22)18-9-15(20(3)4)14-10-24-16-8-6-5-7-13(14)16/h5-8,10,15,18H,9H2,1-4H3. The minimum Gasteiger partial charge on any atom is -0.360 e. The van der Waals surface area contributed by atoms with Crippen molar-refractivity contribution in [2.24, 2.45) is 0 Å². The maximum atomic E-state index is 12.7. The number of nitrogens with one attached hydrogen (secondary N) is 1. The Labute approximate surface area is 151 Å². The Balaban J connectivity index is 1.89. The largest absolute Gasteiger partial charge is 0.360 e. The van der Waals surface area contributed by atoms with Crippen LogP contribution in [-0.2, 0) is 10.0 Å². The van der Waals surface area contributed by atoms with Gasteiger partial charge in [-0.05, 0) is 50.3 Å². The SMILES string of the molecule is Cc1noc(C)c1S(=O)(=O)NCC(c1csc2ccccc12)N(C)C. The fourth-order valence-electron chi connectivity index (χ4n) is 2.95. The van der Waals surface area contributed by atoms with Crippen molar-refractivity contribution in [3.05, 3.63) is 46.7 Å². The third-order valence-corrected chi connectivity index (χ3v) is 6.85. The van der Waals surface area contributed by atoms with Crippen molar-refractivity contribution < 1.29 is 12.9 Å². The summed E-state index contributed by atoms with van der Waals surface area (Å²) in [6, 6.07) is 8.07. The first-order chi connectivity index (χ1) is 11.8. The van der Waals surface area contributed by atoms with Crippen LogP contribution in [0.3, 0.4) is 0 Å². The predicted octanol–water partition coefficient (Wildman–Crippen LogP) is 3.09. The summed E-state index contributed by atoms with van der Waals surface area (Å²) in [5.41, 5.74) is 1.49. The summed E-state index contributed by atoms with van der Waals surface area (Å²) in [7, 11) is 0.211. The van der Waals surface area contributed by atoms with Crippen LogP contribution in [0.25, 0.3) is 10.1 Å². The van der Waals surface area contributed by atoms with E-state index in [4.69, 9.17) is 4.52 Å². The summed E-state index contributed by atoms with van der Waals surface area (Å²) >= 11 is 1.67. The fourth-order valence-corrected chi connectivity index (χ4v) is 5.32. The van der Waals surface area contributed by atoms with Gasteiger partial charge in [0.05, 0.1) is 0 Å². The van der Waals surface area contributed by atoms with Crippen LogP contribution in [0, 0.1) is 13.8 Å². The molecular formula is C17H21N3O3S2. The summed E-state index contributed by atoms with van der Waals surface area (Å²) in [5, 5.41) is 6.98. The minimum absolute atomic E-state index is 0.0774. The molecule has 0 bridgehead atoms. The van der Waals surface area contributed by atoms with Gasteiger partial charge in [-0.2, -0.15) is 0 Å². The number of likely N-dealkylation sites (N-methyl/N-ethyl adjacent to an activating group) is 1. The van der Waals surface area contributed by atoms with Crippen molar-refractivity contribution in [2.75, 3.05) is 20.6 Å². The lowest BCUT2D eigenvalue weighted by Gasteiger charge is -2.24. The quantitative estimate of drug-likeness (QED) is 0.712. The topological polar surface area (TPSA) is 75.4 Å². The van der Waals surface area contributed by atoms with Crippen LogP contribution in [0.15, 0.2) is 39.1 Å². The third-order valence-electron chi connectivity index (χ3n) is 4.20. The van der Waals surface area contributed by atoms with Crippen LogP contribution in [0.1, 0.15) is 23.1 Å². The van der Waals surface area contributed by atoms with Crippen molar-refractivity contribution in [3.63, 3.8) is 0 Å². The second-order valence-electron chi connectivity index (χ2n) is 6.17. The summed E-state index contributed by atoms with van der Waals surface area (Å²) in [6.45, 7) is 3.49. The number of thiophene rings is 1. The number of aryl methyl sites for hydroxylation is 2. The van der Waals surface area contributed by atoms with Gasteiger partial charge in [0.2, 0.25) is 10.0 Å². The van der Waals surface area contributed by atoms with Gasteiger partial charge in [-0.1, -0.05) is 23.4 Å². The Morgan fingerprint density at radius 2 is 2.00 bits per heavy atom. The van der Waals surface area contributed by atoms with Crippen molar-refractivity contribution in [1.82, 2.24) is 14.8 Å². The smallest absolute Gasteiger partial charge is 0.246 e. The summed E-state index contributed by atoms with van der Waals surface area (Å²) < 4.78 is 34.2. The first-order valence-electron chi connectivity index (χ1n) is 7.86. The molecule has 1 atom stereocenters. The van der Waals surface area contributed by atoms with E-state index >= 15 is 0 Å². The molecule has 0 aliphatic heterocycles. The van der Waals surface area contributed by atoms with Crippen molar-refractivity contribution in [2.45, 2.75) is 24.8 Å². The van der Waals surface area contributed by atoms with E-state index in [-0.39, 0.29) is 17.5 Å². The Hall–Kier alpha value is -1.74. The summed E-state index contributed by atoms with van der Waals surface area (Å²) in [4.78, 5) is 2.14. The molecule has 2 heterocycles. The van der Waals surface area contributed by atoms with Crippen LogP contribution >= 0.6 is 11.3 Å². The van der Waals surface area contributed by atoms with Gasteiger partial charge in [-0.25, -0.2) is 13.1 Å². The number of nitrogens with zero attached hydrogens (tertiary/aromatic N) is 2. The van der Waals surface area contributed by atoms with Gasteiger partial charge in [-0.3, -0.25) is 0 Å². The molecule has 0 radical (unpaired) electrons. The molecule has 0 spiro atoms. The third kappa shape index (κ3) is 3.48. The Bertz CT molecular complexity index is 970. The molecule has 0 saturated heterocycles. The molecule has 134 valence electrons. The van der Waals surface area contributed by atoms with Crippen LogP contribution < -0.4 is 4.72 Å². The van der Waals surface area contributed by atoms with Gasteiger partial charge in [0, 0.05) is 17.3 Å². The van der Waals surface area contributed by atoms with E-state index in [1.54, 1.807) is 25.2 Å². The second-order valence-corrected chi connectivity index (χ2v) is 8.79. The number of sulfonamides is 1. The van der Waals surface area contributed by atoms with Crippen LogP contribution in [0.2, 0.25) is 0 Å². The van der Waals surface area contributed by atoms with E-state index in [1.807, 2.05) is 31.1 Å². The van der Waals surface area contributed by atoms with E-state index in [2.05, 4.69) is 27.4 Å². The van der Waals surface area contributed by atoms with Gasteiger partial charge in [0.1, 0.15) is 10.6 Å². The minimum atomic E-state index is -3.68. The van der Waals surface area contributed by atoms with Crippen molar-refractivity contribution in [3.8, 4) is 0 Å². The lowest BCUT2D eigenvalue weighted by Crippen LogP contribution is -2.34. The maximum absolute atomic E-state index is 12.7. The molecule has 6 nitrogen and oxygen atoms in total. The highest BCUT2D eigenvalue weighted by molar-refractivity contribution is 7.89. The maximum Gasteiger partial charge on any atom is 0.246 e. The van der Waals surface area contributed by atoms with Crippen LogP contribution in [-0.4, -0.2) is 39.1 Å². The van der Waals surface area contributed by atoms with Gasteiger partial charge in [0.25, 0.3) is 0 Å².